The molecule has 0 atom stereocenters. The Morgan fingerprint density at radius 1 is 0.532 bits per heavy atom. The highest BCUT2D eigenvalue weighted by molar-refractivity contribution is 7.22. The van der Waals surface area contributed by atoms with Gasteiger partial charge in [0.1, 0.15) is 0 Å². The molecule has 7 aromatic carbocycles. The Kier molecular flexibility index (Phi) is 4.92. The van der Waals surface area contributed by atoms with Gasteiger partial charge in [0.15, 0.2) is 8.07 Å². The zero-order valence-corrected chi connectivity index (χ0v) is 27.0. The summed E-state index contributed by atoms with van der Waals surface area (Å²) in [6, 6.07) is 60.0. The van der Waals surface area contributed by atoms with Gasteiger partial charge in [-0.15, -0.1) is 0 Å². The zero-order chi connectivity index (χ0) is 30.9. The Hall–Kier alpha value is -5.58. The molecule has 2 nitrogen and oxygen atoms in total. The predicted molar refractivity (Wildman–Crippen MR) is 202 cm³/mol. The van der Waals surface area contributed by atoms with E-state index in [1.54, 1.807) is 0 Å². The van der Waals surface area contributed by atoms with Gasteiger partial charge < -0.3 is 9.38 Å². The number of nitrogens with zero attached hydrogens (tertiary/aromatic N) is 2. The summed E-state index contributed by atoms with van der Waals surface area (Å²) in [5.41, 5.74) is 13.4. The lowest BCUT2D eigenvalue weighted by molar-refractivity contribution is 1.17. The van der Waals surface area contributed by atoms with Gasteiger partial charge in [0.25, 0.3) is 0 Å². The standard InChI is InChI=1S/C43H29BN2Si/c1-28-26-34-33-20-13-25-40-43(33)46(37-23-10-11-24-39(37)47(40,29-14-4-2-5-15-29)30-16-6-3-7-17-30)44-35-21-12-19-32-31-18-8-9-22-36(31)45(42(32)35)38(27-28)41(34)44/h2-27H,1H3. The summed E-state index contributed by atoms with van der Waals surface area (Å²) in [7, 11) is -2.71. The molecule has 1 aromatic heterocycles. The van der Waals surface area contributed by atoms with Crippen LogP contribution in [0, 0.1) is 6.92 Å². The van der Waals surface area contributed by atoms with Crippen molar-refractivity contribution in [2.45, 2.75) is 6.92 Å². The molecular formula is C43H29BN2Si. The third-order valence-corrected chi connectivity index (χ3v) is 15.9. The van der Waals surface area contributed by atoms with Crippen LogP contribution in [0.5, 0.6) is 0 Å². The molecule has 0 saturated heterocycles. The van der Waals surface area contributed by atoms with Crippen LogP contribution in [0.1, 0.15) is 5.56 Å². The van der Waals surface area contributed by atoms with Crippen LogP contribution in [-0.4, -0.2) is 19.5 Å². The second-order valence-corrected chi connectivity index (χ2v) is 17.0. The highest BCUT2D eigenvalue weighted by Crippen LogP contribution is 2.46. The quantitative estimate of drug-likeness (QED) is 0.217. The van der Waals surface area contributed by atoms with Crippen molar-refractivity contribution < 1.29 is 0 Å². The summed E-state index contributed by atoms with van der Waals surface area (Å²) in [6.07, 6.45) is 0. The van der Waals surface area contributed by atoms with Crippen molar-refractivity contribution in [1.82, 2.24) is 4.57 Å². The van der Waals surface area contributed by atoms with Crippen molar-refractivity contribution in [1.29, 1.82) is 0 Å². The van der Waals surface area contributed by atoms with E-state index in [1.807, 2.05) is 0 Å². The fraction of sp³-hybridized carbons (Fsp3) is 0.0233. The van der Waals surface area contributed by atoms with Crippen molar-refractivity contribution in [3.63, 3.8) is 0 Å². The van der Waals surface area contributed by atoms with Crippen LogP contribution in [0.25, 0.3) is 38.6 Å². The van der Waals surface area contributed by atoms with Crippen LogP contribution < -0.4 is 36.5 Å². The first-order chi connectivity index (χ1) is 23.3. The molecular weight excluding hydrogens is 583 g/mol. The summed E-state index contributed by atoms with van der Waals surface area (Å²) in [5, 5.41) is 8.42. The van der Waals surface area contributed by atoms with E-state index in [4.69, 9.17) is 0 Å². The number of aryl methyl sites for hydroxylation is 1. The first kappa shape index (κ1) is 25.6. The summed E-state index contributed by atoms with van der Waals surface area (Å²) in [5.74, 6) is 0. The minimum Gasteiger partial charge on any atom is -0.376 e. The summed E-state index contributed by atoms with van der Waals surface area (Å²) in [6.45, 7) is 2.31. The van der Waals surface area contributed by atoms with Crippen molar-refractivity contribution in [3.05, 3.63) is 163 Å². The first-order valence-corrected chi connectivity index (χ1v) is 18.6. The number of aromatic nitrogens is 1. The van der Waals surface area contributed by atoms with E-state index in [2.05, 4.69) is 174 Å². The van der Waals surface area contributed by atoms with Gasteiger partial charge in [-0.3, -0.25) is 0 Å². The van der Waals surface area contributed by atoms with E-state index in [1.165, 1.54) is 87.2 Å². The number of rotatable bonds is 2. The number of benzene rings is 7. The minimum atomic E-state index is -2.71. The van der Waals surface area contributed by atoms with Gasteiger partial charge in [0, 0.05) is 33.4 Å². The smallest absolute Gasteiger partial charge is 0.333 e. The molecule has 0 N–H and O–H groups in total. The SMILES string of the molecule is Cc1cc2c3c(c1)-n1c4ccccc4c4cccc(c41)B3N1c3ccccc3[Si](c3ccccc3)(c3ccccc3)c3cccc-2c31. The summed E-state index contributed by atoms with van der Waals surface area (Å²) >= 11 is 0. The number of anilines is 2. The lowest BCUT2D eigenvalue weighted by atomic mass is 9.44. The molecule has 47 heavy (non-hydrogen) atoms. The average Bonchev–Trinajstić information content (AvgIpc) is 3.47. The summed E-state index contributed by atoms with van der Waals surface area (Å²) < 4.78 is 2.56. The predicted octanol–water partition coefficient (Wildman–Crippen LogP) is 6.02. The fourth-order valence-electron chi connectivity index (χ4n) is 9.44. The third-order valence-electron chi connectivity index (χ3n) is 11.0. The Morgan fingerprint density at radius 3 is 2.00 bits per heavy atom. The minimum absolute atomic E-state index is 0.0504. The Bertz CT molecular complexity index is 2570. The molecule has 3 aliphatic heterocycles. The Morgan fingerprint density at radius 2 is 1.19 bits per heavy atom. The van der Waals surface area contributed by atoms with E-state index in [-0.39, 0.29) is 6.85 Å². The highest BCUT2D eigenvalue weighted by Gasteiger charge is 2.54. The van der Waals surface area contributed by atoms with Crippen LogP contribution in [0.15, 0.2) is 158 Å². The molecule has 0 fully saturated rings. The molecule has 11 rings (SSSR count). The fourth-order valence-corrected chi connectivity index (χ4v) is 14.6. The molecule has 0 aliphatic carbocycles. The number of hydrogen-bond donors (Lipinski definition) is 0. The topological polar surface area (TPSA) is 8.17 Å². The van der Waals surface area contributed by atoms with E-state index < -0.39 is 8.07 Å². The maximum absolute atomic E-state index is 2.73. The molecule has 4 heterocycles. The molecule has 3 aliphatic rings. The number of hydrogen-bond acceptors (Lipinski definition) is 1. The van der Waals surface area contributed by atoms with Gasteiger partial charge in [-0.25, -0.2) is 0 Å². The van der Waals surface area contributed by atoms with Crippen molar-refractivity contribution in [3.8, 4) is 16.8 Å². The van der Waals surface area contributed by atoms with E-state index in [0.29, 0.717) is 0 Å². The lowest BCUT2D eigenvalue weighted by Crippen LogP contribution is -2.79. The molecule has 8 aromatic rings. The normalized spacial score (nSPS) is 14.6. The van der Waals surface area contributed by atoms with E-state index in [9.17, 15) is 0 Å². The zero-order valence-electron chi connectivity index (χ0n) is 26.0. The molecule has 0 amide bonds. The van der Waals surface area contributed by atoms with E-state index >= 15 is 0 Å². The van der Waals surface area contributed by atoms with Crippen LogP contribution in [0.3, 0.4) is 0 Å². The maximum atomic E-state index is 2.73. The van der Waals surface area contributed by atoms with Crippen LogP contribution >= 0.6 is 0 Å². The summed E-state index contributed by atoms with van der Waals surface area (Å²) in [4.78, 5) is 2.73. The van der Waals surface area contributed by atoms with Crippen LogP contribution in [0.2, 0.25) is 0 Å². The van der Waals surface area contributed by atoms with Gasteiger partial charge in [0.2, 0.25) is 0 Å². The Balaban J connectivity index is 1.35. The van der Waals surface area contributed by atoms with Gasteiger partial charge in [-0.2, -0.15) is 0 Å². The maximum Gasteiger partial charge on any atom is 0.333 e. The second-order valence-electron chi connectivity index (χ2n) is 13.3. The van der Waals surface area contributed by atoms with Crippen molar-refractivity contribution in [2.24, 2.45) is 0 Å². The first-order valence-electron chi connectivity index (χ1n) is 16.6. The van der Waals surface area contributed by atoms with E-state index in [0.717, 1.165) is 0 Å². The molecule has 0 bridgehead atoms. The molecule has 4 heteroatoms. The molecule has 218 valence electrons. The van der Waals surface area contributed by atoms with Crippen molar-refractivity contribution >= 4 is 79.8 Å². The van der Waals surface area contributed by atoms with Gasteiger partial charge in [0.05, 0.1) is 11.0 Å². The lowest BCUT2D eigenvalue weighted by Gasteiger charge is -2.51. The molecule has 0 radical (unpaired) electrons. The molecule has 0 saturated carbocycles. The largest absolute Gasteiger partial charge is 0.376 e. The molecule has 0 spiro atoms. The number of para-hydroxylation sites is 4. The van der Waals surface area contributed by atoms with Crippen LogP contribution in [-0.2, 0) is 0 Å². The monoisotopic (exact) mass is 612 g/mol. The average molecular weight is 613 g/mol. The molecule has 0 unspecified atom stereocenters. The van der Waals surface area contributed by atoms with Gasteiger partial charge in [-0.05, 0) is 67.9 Å². The second kappa shape index (κ2) is 9.03. The van der Waals surface area contributed by atoms with Crippen LogP contribution in [0.4, 0.5) is 11.4 Å². The highest BCUT2D eigenvalue weighted by atomic mass is 28.3. The third kappa shape index (κ3) is 3.03. The van der Waals surface area contributed by atoms with Crippen molar-refractivity contribution in [2.75, 3.05) is 4.81 Å². The number of fused-ring (bicyclic) bond motifs is 9. The Labute approximate surface area is 275 Å². The van der Waals surface area contributed by atoms with Gasteiger partial charge >= 0.3 is 6.85 Å². The van der Waals surface area contributed by atoms with Gasteiger partial charge in [-0.1, -0.05) is 140 Å².